The molecule has 1 heterocycles. The van der Waals surface area contributed by atoms with E-state index in [1.807, 2.05) is 24.4 Å². The van der Waals surface area contributed by atoms with Crippen LogP contribution < -0.4 is 4.90 Å². The number of pyridine rings is 1. The molecule has 0 aromatic carbocycles. The molecule has 1 aromatic rings. The molecular formula is C10H15BrN2. The van der Waals surface area contributed by atoms with Gasteiger partial charge in [-0.1, -0.05) is 22.0 Å². The maximum atomic E-state index is 4.30. The summed E-state index contributed by atoms with van der Waals surface area (Å²) in [6.07, 6.45) is 1.82. The molecule has 1 rings (SSSR count). The minimum Gasteiger partial charge on any atom is -0.354 e. The normalized spacial score (nSPS) is 11.4. The Balaban J connectivity index is 2.85. The van der Waals surface area contributed by atoms with Gasteiger partial charge in [0.25, 0.3) is 0 Å². The summed E-state index contributed by atoms with van der Waals surface area (Å²) >= 11 is 3.50. The van der Waals surface area contributed by atoms with Crippen molar-refractivity contribution in [3.63, 3.8) is 0 Å². The molecule has 0 saturated carbocycles. The first kappa shape index (κ1) is 10.5. The van der Waals surface area contributed by atoms with Gasteiger partial charge in [0.2, 0.25) is 0 Å². The number of rotatable bonds is 3. The van der Waals surface area contributed by atoms with Crippen molar-refractivity contribution >= 4 is 21.7 Å². The third kappa shape index (κ3) is 2.44. The molecule has 0 amide bonds. The fourth-order valence-electron chi connectivity index (χ4n) is 0.952. The minimum absolute atomic E-state index is 0.0916. The molecule has 0 saturated heterocycles. The Labute approximate surface area is 88.1 Å². The molecule has 0 spiro atoms. The Morgan fingerprint density at radius 3 is 2.62 bits per heavy atom. The zero-order valence-corrected chi connectivity index (χ0v) is 9.87. The van der Waals surface area contributed by atoms with Gasteiger partial charge in [-0.3, -0.25) is 0 Å². The molecule has 0 aliphatic heterocycles. The van der Waals surface area contributed by atoms with Gasteiger partial charge >= 0.3 is 0 Å². The van der Waals surface area contributed by atoms with E-state index in [0.717, 1.165) is 11.1 Å². The van der Waals surface area contributed by atoms with Crippen molar-refractivity contribution in [2.75, 3.05) is 17.3 Å². The molecule has 0 aliphatic rings. The summed E-state index contributed by atoms with van der Waals surface area (Å²) in [7, 11) is 2.06. The third-order valence-corrected chi connectivity index (χ3v) is 3.60. The number of alkyl halides is 1. The smallest absolute Gasteiger partial charge is 0.128 e. The van der Waals surface area contributed by atoms with Crippen LogP contribution in [0.25, 0.3) is 0 Å². The van der Waals surface area contributed by atoms with Crippen molar-refractivity contribution in [1.29, 1.82) is 0 Å². The van der Waals surface area contributed by atoms with E-state index >= 15 is 0 Å². The monoisotopic (exact) mass is 242 g/mol. The fourth-order valence-corrected chi connectivity index (χ4v) is 1.33. The van der Waals surface area contributed by atoms with E-state index in [0.29, 0.717) is 0 Å². The van der Waals surface area contributed by atoms with Crippen molar-refractivity contribution in [3.05, 3.63) is 24.4 Å². The topological polar surface area (TPSA) is 16.1 Å². The van der Waals surface area contributed by atoms with Crippen LogP contribution in [-0.2, 0) is 0 Å². The minimum atomic E-state index is 0.0916. The van der Waals surface area contributed by atoms with Gasteiger partial charge in [-0.2, -0.15) is 0 Å². The number of nitrogens with zero attached hydrogens (tertiary/aromatic N) is 2. The summed E-state index contributed by atoms with van der Waals surface area (Å²) in [4.78, 5) is 6.47. The molecule has 1 aromatic heterocycles. The van der Waals surface area contributed by atoms with Gasteiger partial charge in [-0.15, -0.1) is 0 Å². The summed E-state index contributed by atoms with van der Waals surface area (Å²) < 4.78 is 0. The number of halogens is 1. The molecule has 13 heavy (non-hydrogen) atoms. The quantitative estimate of drug-likeness (QED) is 0.759. The van der Waals surface area contributed by atoms with E-state index < -0.39 is 0 Å². The summed E-state index contributed by atoms with van der Waals surface area (Å²) in [5.41, 5.74) is 0.0916. The Morgan fingerprint density at radius 1 is 1.46 bits per heavy atom. The second kappa shape index (κ2) is 4.09. The van der Waals surface area contributed by atoms with Gasteiger partial charge in [-0.05, 0) is 26.0 Å². The zero-order valence-electron chi connectivity index (χ0n) is 8.29. The first-order chi connectivity index (χ1) is 6.08. The standard InChI is InChI=1S/C10H15BrN2/c1-10(2,8-11)13(3)9-6-4-5-7-12-9/h4-7H,8H2,1-3H3. The number of hydrogen-bond donors (Lipinski definition) is 0. The fraction of sp³-hybridized carbons (Fsp3) is 0.500. The van der Waals surface area contributed by atoms with Crippen LogP contribution in [0.3, 0.4) is 0 Å². The zero-order chi connectivity index (χ0) is 9.90. The van der Waals surface area contributed by atoms with Gasteiger partial charge < -0.3 is 4.90 Å². The summed E-state index contributed by atoms with van der Waals surface area (Å²) in [6.45, 7) is 4.35. The van der Waals surface area contributed by atoms with E-state index in [1.54, 1.807) is 0 Å². The lowest BCUT2D eigenvalue weighted by Crippen LogP contribution is -2.43. The molecule has 0 bridgehead atoms. The number of hydrogen-bond acceptors (Lipinski definition) is 2. The number of anilines is 1. The van der Waals surface area contributed by atoms with E-state index in [1.165, 1.54) is 0 Å². The first-order valence-corrected chi connectivity index (χ1v) is 5.41. The molecule has 0 atom stereocenters. The van der Waals surface area contributed by atoms with Crippen LogP contribution in [0.2, 0.25) is 0 Å². The molecule has 3 heteroatoms. The van der Waals surface area contributed by atoms with Crippen LogP contribution in [0.15, 0.2) is 24.4 Å². The highest BCUT2D eigenvalue weighted by atomic mass is 79.9. The van der Waals surface area contributed by atoms with Crippen LogP contribution in [-0.4, -0.2) is 22.9 Å². The van der Waals surface area contributed by atoms with Crippen LogP contribution in [0.4, 0.5) is 5.82 Å². The Kier molecular flexibility index (Phi) is 3.31. The molecule has 72 valence electrons. The highest BCUT2D eigenvalue weighted by molar-refractivity contribution is 9.09. The van der Waals surface area contributed by atoms with Crippen LogP contribution in [0.1, 0.15) is 13.8 Å². The lowest BCUT2D eigenvalue weighted by Gasteiger charge is -2.34. The predicted molar refractivity (Wildman–Crippen MR) is 60.5 cm³/mol. The van der Waals surface area contributed by atoms with Crippen molar-refractivity contribution in [1.82, 2.24) is 4.98 Å². The van der Waals surface area contributed by atoms with Crippen molar-refractivity contribution in [2.45, 2.75) is 19.4 Å². The van der Waals surface area contributed by atoms with Crippen molar-refractivity contribution in [3.8, 4) is 0 Å². The largest absolute Gasteiger partial charge is 0.354 e. The Morgan fingerprint density at radius 2 is 2.15 bits per heavy atom. The number of aromatic nitrogens is 1. The molecule has 2 nitrogen and oxygen atoms in total. The summed E-state index contributed by atoms with van der Waals surface area (Å²) in [5.74, 6) is 1.01. The van der Waals surface area contributed by atoms with Crippen molar-refractivity contribution in [2.24, 2.45) is 0 Å². The van der Waals surface area contributed by atoms with Gasteiger partial charge in [-0.25, -0.2) is 4.98 Å². The highest BCUT2D eigenvalue weighted by Crippen LogP contribution is 2.20. The second-order valence-electron chi connectivity index (χ2n) is 3.69. The SMILES string of the molecule is CN(c1ccccn1)C(C)(C)CBr. The maximum Gasteiger partial charge on any atom is 0.128 e. The average molecular weight is 243 g/mol. The molecule has 0 fully saturated rings. The molecule has 0 aliphatic carbocycles. The second-order valence-corrected chi connectivity index (χ2v) is 4.25. The molecule has 0 radical (unpaired) electrons. The molecular weight excluding hydrogens is 228 g/mol. The predicted octanol–water partition coefficient (Wildman–Crippen LogP) is 2.69. The van der Waals surface area contributed by atoms with Crippen LogP contribution in [0, 0.1) is 0 Å². The van der Waals surface area contributed by atoms with Crippen LogP contribution >= 0.6 is 15.9 Å². The first-order valence-electron chi connectivity index (χ1n) is 4.29. The van der Waals surface area contributed by atoms with E-state index in [2.05, 4.69) is 46.7 Å². The highest BCUT2D eigenvalue weighted by Gasteiger charge is 2.22. The maximum absolute atomic E-state index is 4.30. The third-order valence-electron chi connectivity index (χ3n) is 2.23. The van der Waals surface area contributed by atoms with E-state index in [9.17, 15) is 0 Å². The van der Waals surface area contributed by atoms with Gasteiger partial charge in [0, 0.05) is 24.1 Å². The average Bonchev–Trinajstić information content (AvgIpc) is 2.18. The summed E-state index contributed by atoms with van der Waals surface area (Å²) in [6, 6.07) is 5.95. The molecule has 0 N–H and O–H groups in total. The van der Waals surface area contributed by atoms with E-state index in [-0.39, 0.29) is 5.54 Å². The Bertz CT molecular complexity index is 259. The van der Waals surface area contributed by atoms with Crippen LogP contribution in [0.5, 0.6) is 0 Å². The van der Waals surface area contributed by atoms with E-state index in [4.69, 9.17) is 0 Å². The van der Waals surface area contributed by atoms with Gasteiger partial charge in [0.1, 0.15) is 5.82 Å². The van der Waals surface area contributed by atoms with Gasteiger partial charge in [0.15, 0.2) is 0 Å². The Hall–Kier alpha value is -0.570. The lowest BCUT2D eigenvalue weighted by molar-refractivity contribution is 0.547. The van der Waals surface area contributed by atoms with Gasteiger partial charge in [0.05, 0.1) is 0 Å². The molecule has 0 unspecified atom stereocenters. The van der Waals surface area contributed by atoms with Crippen molar-refractivity contribution < 1.29 is 0 Å². The lowest BCUT2D eigenvalue weighted by atomic mass is 10.1. The summed E-state index contributed by atoms with van der Waals surface area (Å²) in [5, 5.41) is 0.924.